The lowest BCUT2D eigenvalue weighted by atomic mass is 10.2. The molecule has 0 radical (unpaired) electrons. The van der Waals surface area contributed by atoms with Gasteiger partial charge in [0.05, 0.1) is 11.6 Å². The summed E-state index contributed by atoms with van der Waals surface area (Å²) >= 11 is 0. The van der Waals surface area contributed by atoms with Gasteiger partial charge in [-0.3, -0.25) is 14.4 Å². The number of amides is 2. The van der Waals surface area contributed by atoms with Crippen LogP contribution in [0.5, 0.6) is 0 Å². The summed E-state index contributed by atoms with van der Waals surface area (Å²) in [6.07, 6.45) is 1.55. The van der Waals surface area contributed by atoms with Gasteiger partial charge in [0.15, 0.2) is 0 Å². The maximum atomic E-state index is 12.3. The van der Waals surface area contributed by atoms with Crippen molar-refractivity contribution in [3.05, 3.63) is 70.6 Å². The molecule has 1 aromatic heterocycles. The van der Waals surface area contributed by atoms with Crippen molar-refractivity contribution < 1.29 is 9.59 Å². The second-order valence-electron chi connectivity index (χ2n) is 5.18. The minimum absolute atomic E-state index is 0.207. The van der Waals surface area contributed by atoms with Crippen molar-refractivity contribution in [3.63, 3.8) is 0 Å². The highest BCUT2D eigenvalue weighted by molar-refractivity contribution is 5.94. The van der Waals surface area contributed by atoms with E-state index in [0.29, 0.717) is 16.6 Å². The Morgan fingerprint density at radius 2 is 1.79 bits per heavy atom. The molecule has 7 heteroatoms. The lowest BCUT2D eigenvalue weighted by Crippen LogP contribution is -2.29. The maximum Gasteiger partial charge on any atom is 0.275 e. The lowest BCUT2D eigenvalue weighted by molar-refractivity contribution is -0.117. The standard InChI is InChI=1S/C17H14N4O3/c18-16(23)11-5-7-13(8-6-11)20-15(22)10-21-17(24)14-4-2-1-3-12(14)9-19-21/h1-9H,10H2,(H2,18,23)(H,20,22). The number of nitrogens with two attached hydrogens (primary N) is 1. The molecule has 2 aromatic carbocycles. The van der Waals surface area contributed by atoms with Gasteiger partial charge in [-0.25, -0.2) is 4.68 Å². The van der Waals surface area contributed by atoms with E-state index in [1.807, 2.05) is 6.07 Å². The molecule has 3 N–H and O–H groups in total. The summed E-state index contributed by atoms with van der Waals surface area (Å²) in [5.41, 5.74) is 5.68. The zero-order valence-electron chi connectivity index (χ0n) is 12.6. The van der Waals surface area contributed by atoms with E-state index in [9.17, 15) is 14.4 Å². The van der Waals surface area contributed by atoms with Crippen LogP contribution in [0.3, 0.4) is 0 Å². The Morgan fingerprint density at radius 1 is 1.08 bits per heavy atom. The van der Waals surface area contributed by atoms with E-state index in [1.54, 1.807) is 36.5 Å². The monoisotopic (exact) mass is 322 g/mol. The number of hydrogen-bond acceptors (Lipinski definition) is 4. The van der Waals surface area contributed by atoms with Crippen molar-refractivity contribution in [2.24, 2.45) is 5.73 Å². The van der Waals surface area contributed by atoms with Gasteiger partial charge in [-0.1, -0.05) is 18.2 Å². The number of nitrogens with zero attached hydrogens (tertiary/aromatic N) is 2. The number of hydrogen-bond donors (Lipinski definition) is 2. The fourth-order valence-electron chi connectivity index (χ4n) is 2.29. The van der Waals surface area contributed by atoms with Gasteiger partial charge >= 0.3 is 0 Å². The molecule has 0 bridgehead atoms. The van der Waals surface area contributed by atoms with Crippen molar-refractivity contribution in [1.82, 2.24) is 9.78 Å². The predicted molar refractivity (Wildman–Crippen MR) is 89.6 cm³/mol. The summed E-state index contributed by atoms with van der Waals surface area (Å²) in [6.45, 7) is -0.207. The van der Waals surface area contributed by atoms with Gasteiger partial charge in [-0.05, 0) is 30.3 Å². The number of carbonyl (C=O) groups is 2. The molecular formula is C17H14N4O3. The number of primary amides is 1. The molecule has 0 unspecified atom stereocenters. The number of anilines is 1. The topological polar surface area (TPSA) is 107 Å². The van der Waals surface area contributed by atoms with Crippen molar-refractivity contribution in [2.45, 2.75) is 6.54 Å². The van der Waals surface area contributed by atoms with Gasteiger partial charge in [0.1, 0.15) is 6.54 Å². The average Bonchev–Trinajstić information content (AvgIpc) is 2.58. The maximum absolute atomic E-state index is 12.3. The normalized spacial score (nSPS) is 10.5. The largest absolute Gasteiger partial charge is 0.366 e. The first-order valence-corrected chi connectivity index (χ1v) is 7.19. The van der Waals surface area contributed by atoms with Crippen LogP contribution in [0.1, 0.15) is 10.4 Å². The minimum atomic E-state index is -0.542. The van der Waals surface area contributed by atoms with E-state index in [0.717, 1.165) is 10.1 Å². The molecule has 2 amide bonds. The van der Waals surface area contributed by atoms with Crippen molar-refractivity contribution in [3.8, 4) is 0 Å². The lowest BCUT2D eigenvalue weighted by Gasteiger charge is -2.08. The molecule has 3 rings (SSSR count). The van der Waals surface area contributed by atoms with E-state index in [4.69, 9.17) is 5.73 Å². The van der Waals surface area contributed by atoms with E-state index >= 15 is 0 Å². The Bertz CT molecular complexity index is 977. The Hall–Kier alpha value is -3.48. The molecule has 0 spiro atoms. The SMILES string of the molecule is NC(=O)c1ccc(NC(=O)Cn2ncc3ccccc3c2=O)cc1. The molecule has 24 heavy (non-hydrogen) atoms. The van der Waals surface area contributed by atoms with E-state index < -0.39 is 11.8 Å². The zero-order valence-corrected chi connectivity index (χ0v) is 12.6. The Labute approximate surface area is 136 Å². The Kier molecular flexibility index (Phi) is 4.07. The summed E-state index contributed by atoms with van der Waals surface area (Å²) in [4.78, 5) is 35.4. The molecule has 0 aliphatic heterocycles. The number of aromatic nitrogens is 2. The fraction of sp³-hybridized carbons (Fsp3) is 0.0588. The van der Waals surface area contributed by atoms with Crippen LogP contribution in [0.2, 0.25) is 0 Å². The minimum Gasteiger partial charge on any atom is -0.366 e. The van der Waals surface area contributed by atoms with Crippen LogP contribution >= 0.6 is 0 Å². The van der Waals surface area contributed by atoms with Crippen LogP contribution in [-0.4, -0.2) is 21.6 Å². The van der Waals surface area contributed by atoms with Gasteiger partial charge in [0.2, 0.25) is 11.8 Å². The Morgan fingerprint density at radius 3 is 2.50 bits per heavy atom. The van der Waals surface area contributed by atoms with Gasteiger partial charge in [-0.15, -0.1) is 0 Å². The van der Waals surface area contributed by atoms with Crippen LogP contribution in [0, 0.1) is 0 Å². The van der Waals surface area contributed by atoms with Gasteiger partial charge < -0.3 is 11.1 Å². The van der Waals surface area contributed by atoms with Gasteiger partial charge in [-0.2, -0.15) is 5.10 Å². The molecule has 0 saturated carbocycles. The molecule has 0 aliphatic rings. The quantitative estimate of drug-likeness (QED) is 0.751. The van der Waals surface area contributed by atoms with Crippen LogP contribution < -0.4 is 16.6 Å². The zero-order chi connectivity index (χ0) is 17.1. The van der Waals surface area contributed by atoms with Gasteiger partial charge in [0.25, 0.3) is 5.56 Å². The van der Waals surface area contributed by atoms with Crippen LogP contribution in [-0.2, 0) is 11.3 Å². The summed E-state index contributed by atoms with van der Waals surface area (Å²) in [6, 6.07) is 13.2. The van der Waals surface area contributed by atoms with Crippen LogP contribution in [0.25, 0.3) is 10.8 Å². The van der Waals surface area contributed by atoms with E-state index in [1.165, 1.54) is 12.1 Å². The fourth-order valence-corrected chi connectivity index (χ4v) is 2.29. The van der Waals surface area contributed by atoms with Gasteiger partial charge in [0, 0.05) is 16.6 Å². The average molecular weight is 322 g/mol. The molecule has 0 saturated heterocycles. The molecule has 0 fully saturated rings. The van der Waals surface area contributed by atoms with Crippen LogP contribution in [0.15, 0.2) is 59.5 Å². The highest BCUT2D eigenvalue weighted by Gasteiger charge is 2.09. The molecule has 120 valence electrons. The van der Waals surface area contributed by atoms with E-state index in [2.05, 4.69) is 10.4 Å². The van der Waals surface area contributed by atoms with Crippen molar-refractivity contribution in [1.29, 1.82) is 0 Å². The summed E-state index contributed by atoms with van der Waals surface area (Å²) in [5, 5.41) is 7.88. The number of fused-ring (bicyclic) bond motifs is 1. The second kappa shape index (κ2) is 6.33. The highest BCUT2D eigenvalue weighted by atomic mass is 16.2. The predicted octanol–water partition coefficient (Wildman–Crippen LogP) is 1.13. The van der Waals surface area contributed by atoms with Crippen LogP contribution in [0.4, 0.5) is 5.69 Å². The molecule has 0 aliphatic carbocycles. The number of benzene rings is 2. The summed E-state index contributed by atoms with van der Waals surface area (Å²) in [7, 11) is 0. The first kappa shape index (κ1) is 15.4. The number of carbonyl (C=O) groups excluding carboxylic acids is 2. The first-order chi connectivity index (χ1) is 11.5. The number of nitrogens with one attached hydrogen (secondary N) is 1. The summed E-state index contributed by atoms with van der Waals surface area (Å²) in [5.74, 6) is -0.938. The summed E-state index contributed by atoms with van der Waals surface area (Å²) < 4.78 is 1.11. The molecule has 0 atom stereocenters. The molecule has 1 heterocycles. The first-order valence-electron chi connectivity index (χ1n) is 7.19. The van der Waals surface area contributed by atoms with Crippen molar-refractivity contribution in [2.75, 3.05) is 5.32 Å². The van der Waals surface area contributed by atoms with E-state index in [-0.39, 0.29) is 12.1 Å². The molecule has 3 aromatic rings. The third kappa shape index (κ3) is 3.14. The second-order valence-corrected chi connectivity index (χ2v) is 5.18. The molecule has 7 nitrogen and oxygen atoms in total. The Balaban J connectivity index is 1.76. The molecular weight excluding hydrogens is 308 g/mol. The number of rotatable bonds is 4. The highest BCUT2D eigenvalue weighted by Crippen LogP contribution is 2.09. The smallest absolute Gasteiger partial charge is 0.275 e. The third-order valence-electron chi connectivity index (χ3n) is 3.51. The third-order valence-corrected chi connectivity index (χ3v) is 3.51. The van der Waals surface area contributed by atoms with Crippen molar-refractivity contribution >= 4 is 28.3 Å².